The summed E-state index contributed by atoms with van der Waals surface area (Å²) in [6.07, 6.45) is 1.36. The number of halogens is 1. The third-order valence-electron chi connectivity index (χ3n) is 1.70. The highest BCUT2D eigenvalue weighted by molar-refractivity contribution is 8.01. The molecule has 0 bridgehead atoms. The minimum Gasteiger partial charge on any atom is -0.391 e. The molecule has 0 saturated heterocycles. The summed E-state index contributed by atoms with van der Waals surface area (Å²) in [6.45, 7) is 1.68. The first-order valence-corrected chi connectivity index (χ1v) is 6.30. The van der Waals surface area contributed by atoms with Crippen LogP contribution in [-0.4, -0.2) is 25.3 Å². The van der Waals surface area contributed by atoms with Crippen LogP contribution < -0.4 is 0 Å². The zero-order valence-electron chi connectivity index (χ0n) is 8.21. The fraction of sp³-hybridized carbons (Fsp3) is 0.250. The van der Waals surface area contributed by atoms with Crippen molar-refractivity contribution in [2.75, 3.05) is 0 Å². The van der Waals surface area contributed by atoms with E-state index < -0.39 is 0 Å². The molecule has 1 N–H and O–H groups in total. The monoisotopic (exact) mass is 274 g/mol. The van der Waals surface area contributed by atoms with Crippen LogP contribution in [0.15, 0.2) is 15.7 Å². The minimum atomic E-state index is -0.195. The second-order valence-electron chi connectivity index (χ2n) is 2.80. The maximum atomic E-state index is 9.17. The second kappa shape index (κ2) is 5.05. The van der Waals surface area contributed by atoms with Crippen molar-refractivity contribution in [3.8, 4) is 0 Å². The summed E-state index contributed by atoms with van der Waals surface area (Å²) in [6, 6.07) is 0. The fourth-order valence-corrected chi connectivity index (χ4v) is 3.06. The van der Waals surface area contributed by atoms with Gasteiger partial charge in [0.25, 0.3) is 0 Å². The fourth-order valence-electron chi connectivity index (χ4n) is 0.999. The molecule has 0 aliphatic rings. The number of aliphatic hydroxyl groups is 1. The molecule has 84 valence electrons. The van der Waals surface area contributed by atoms with Crippen molar-refractivity contribution >= 4 is 34.7 Å². The predicted molar refractivity (Wildman–Crippen MR) is 61.7 cm³/mol. The van der Waals surface area contributed by atoms with Gasteiger partial charge in [-0.25, -0.2) is 9.97 Å². The molecule has 0 amide bonds. The first kappa shape index (κ1) is 11.7. The first-order chi connectivity index (χ1) is 7.70. The SMILES string of the molecule is Cc1nnc(Sc2ncnc(Cl)c2CO)s1. The summed E-state index contributed by atoms with van der Waals surface area (Å²) < 4.78 is 0.766. The number of aryl methyl sites for hydroxylation is 1. The zero-order valence-corrected chi connectivity index (χ0v) is 10.6. The molecule has 0 saturated carbocycles. The summed E-state index contributed by atoms with van der Waals surface area (Å²) in [7, 11) is 0. The van der Waals surface area contributed by atoms with E-state index in [-0.39, 0.29) is 11.8 Å². The molecule has 0 aromatic carbocycles. The van der Waals surface area contributed by atoms with E-state index in [0.717, 1.165) is 9.35 Å². The summed E-state index contributed by atoms with van der Waals surface area (Å²) in [5, 5.41) is 18.8. The lowest BCUT2D eigenvalue weighted by Crippen LogP contribution is -1.95. The van der Waals surface area contributed by atoms with Crippen molar-refractivity contribution in [3.05, 3.63) is 22.1 Å². The average molecular weight is 275 g/mol. The van der Waals surface area contributed by atoms with Gasteiger partial charge < -0.3 is 5.11 Å². The maximum absolute atomic E-state index is 9.17. The third kappa shape index (κ3) is 2.49. The summed E-state index contributed by atoms with van der Waals surface area (Å²) in [5.41, 5.74) is 0.516. The summed E-state index contributed by atoms with van der Waals surface area (Å²) in [4.78, 5) is 7.87. The van der Waals surface area contributed by atoms with Crippen LogP contribution in [0.2, 0.25) is 5.15 Å². The smallest absolute Gasteiger partial charge is 0.180 e. The van der Waals surface area contributed by atoms with Crippen LogP contribution in [0.1, 0.15) is 10.6 Å². The van der Waals surface area contributed by atoms with Crippen molar-refractivity contribution in [2.45, 2.75) is 22.9 Å². The molecular weight excluding hydrogens is 268 g/mol. The van der Waals surface area contributed by atoms with Crippen molar-refractivity contribution in [1.29, 1.82) is 0 Å². The molecule has 0 spiro atoms. The van der Waals surface area contributed by atoms with Gasteiger partial charge >= 0.3 is 0 Å². The Hall–Kier alpha value is -0.760. The van der Waals surface area contributed by atoms with E-state index in [4.69, 9.17) is 11.6 Å². The Morgan fingerprint density at radius 3 is 2.88 bits per heavy atom. The van der Waals surface area contributed by atoms with E-state index in [2.05, 4.69) is 20.2 Å². The largest absolute Gasteiger partial charge is 0.391 e. The average Bonchev–Trinajstić information content (AvgIpc) is 2.64. The topological polar surface area (TPSA) is 71.8 Å². The molecular formula is C8H7ClN4OS2. The number of aromatic nitrogens is 4. The van der Waals surface area contributed by atoms with E-state index in [1.165, 1.54) is 29.4 Å². The second-order valence-corrected chi connectivity index (χ2v) is 5.57. The van der Waals surface area contributed by atoms with Gasteiger partial charge in [0.05, 0.1) is 6.61 Å². The van der Waals surface area contributed by atoms with Crippen LogP contribution in [0.25, 0.3) is 0 Å². The Morgan fingerprint density at radius 2 is 2.25 bits per heavy atom. The molecule has 2 aromatic rings. The van der Waals surface area contributed by atoms with Gasteiger partial charge in [0.2, 0.25) is 0 Å². The van der Waals surface area contributed by atoms with Crippen LogP contribution in [0.4, 0.5) is 0 Å². The van der Waals surface area contributed by atoms with E-state index in [1.54, 1.807) is 0 Å². The van der Waals surface area contributed by atoms with E-state index in [9.17, 15) is 5.11 Å². The number of aliphatic hydroxyl groups excluding tert-OH is 1. The Morgan fingerprint density at radius 1 is 1.44 bits per heavy atom. The van der Waals surface area contributed by atoms with Crippen molar-refractivity contribution in [2.24, 2.45) is 0 Å². The highest BCUT2D eigenvalue weighted by atomic mass is 35.5. The van der Waals surface area contributed by atoms with Crippen LogP contribution in [0.5, 0.6) is 0 Å². The van der Waals surface area contributed by atoms with Crippen molar-refractivity contribution in [3.63, 3.8) is 0 Å². The molecule has 16 heavy (non-hydrogen) atoms. The maximum Gasteiger partial charge on any atom is 0.180 e. The van der Waals surface area contributed by atoms with Crippen LogP contribution in [-0.2, 0) is 6.61 Å². The number of nitrogens with zero attached hydrogens (tertiary/aromatic N) is 4. The van der Waals surface area contributed by atoms with Gasteiger partial charge in [-0.1, -0.05) is 22.9 Å². The van der Waals surface area contributed by atoms with Gasteiger partial charge in [0, 0.05) is 5.56 Å². The molecule has 0 aliphatic carbocycles. The molecule has 0 aliphatic heterocycles. The molecule has 2 aromatic heterocycles. The number of hydrogen-bond acceptors (Lipinski definition) is 7. The Balaban J connectivity index is 2.30. The van der Waals surface area contributed by atoms with Gasteiger partial charge in [-0.05, 0) is 18.7 Å². The zero-order chi connectivity index (χ0) is 11.5. The molecule has 0 unspecified atom stereocenters. The van der Waals surface area contributed by atoms with Gasteiger partial charge in [-0.3, -0.25) is 0 Å². The highest BCUT2D eigenvalue weighted by Gasteiger charge is 2.12. The third-order valence-corrected chi connectivity index (χ3v) is 3.96. The lowest BCUT2D eigenvalue weighted by molar-refractivity contribution is 0.277. The molecule has 0 fully saturated rings. The van der Waals surface area contributed by atoms with Gasteiger partial charge in [0.15, 0.2) is 4.34 Å². The van der Waals surface area contributed by atoms with E-state index in [0.29, 0.717) is 10.6 Å². The molecule has 0 radical (unpaired) electrons. The lowest BCUT2D eigenvalue weighted by Gasteiger charge is -2.03. The molecule has 0 atom stereocenters. The number of rotatable bonds is 3. The molecule has 2 heterocycles. The van der Waals surface area contributed by atoms with Crippen LogP contribution in [0, 0.1) is 6.92 Å². The Labute approximate surface area is 105 Å². The van der Waals surface area contributed by atoms with Crippen molar-refractivity contribution < 1.29 is 5.11 Å². The van der Waals surface area contributed by atoms with E-state index >= 15 is 0 Å². The molecule has 8 heteroatoms. The van der Waals surface area contributed by atoms with Crippen LogP contribution >= 0.6 is 34.7 Å². The summed E-state index contributed by atoms with van der Waals surface area (Å²) >= 11 is 8.63. The minimum absolute atomic E-state index is 0.195. The van der Waals surface area contributed by atoms with E-state index in [1.807, 2.05) is 6.92 Å². The quantitative estimate of drug-likeness (QED) is 0.863. The van der Waals surface area contributed by atoms with Gasteiger partial charge in [-0.15, -0.1) is 10.2 Å². The Bertz CT molecular complexity index is 505. The summed E-state index contributed by atoms with van der Waals surface area (Å²) in [5.74, 6) is 0. The first-order valence-electron chi connectivity index (χ1n) is 4.29. The predicted octanol–water partition coefficient (Wildman–Crippen LogP) is 1.93. The number of hydrogen-bond donors (Lipinski definition) is 1. The van der Waals surface area contributed by atoms with Gasteiger partial charge in [-0.2, -0.15) is 0 Å². The molecule has 2 rings (SSSR count). The lowest BCUT2D eigenvalue weighted by atomic mass is 10.4. The highest BCUT2D eigenvalue weighted by Crippen LogP contribution is 2.32. The Kier molecular flexibility index (Phi) is 3.70. The van der Waals surface area contributed by atoms with Gasteiger partial charge in [0.1, 0.15) is 21.5 Å². The molecule has 5 nitrogen and oxygen atoms in total. The standard InChI is InChI=1S/C8H7ClN4OS2/c1-4-12-13-8(15-4)16-7-5(2-14)6(9)10-3-11-7/h3,14H,2H2,1H3. The van der Waals surface area contributed by atoms with Crippen LogP contribution in [0.3, 0.4) is 0 Å². The van der Waals surface area contributed by atoms with Crippen molar-refractivity contribution in [1.82, 2.24) is 20.2 Å². The normalized spacial score (nSPS) is 10.7.